The zero-order chi connectivity index (χ0) is 12.3. The van der Waals surface area contributed by atoms with Gasteiger partial charge in [-0.3, -0.25) is 4.68 Å². The minimum atomic E-state index is 0.517. The van der Waals surface area contributed by atoms with Gasteiger partial charge in [-0.05, 0) is 37.1 Å². The molecule has 4 nitrogen and oxygen atoms in total. The summed E-state index contributed by atoms with van der Waals surface area (Å²) in [4.78, 5) is 0. The summed E-state index contributed by atoms with van der Waals surface area (Å²) in [5, 5.41) is 11.5. The van der Waals surface area contributed by atoms with Crippen molar-refractivity contribution in [3.05, 3.63) is 12.4 Å². The summed E-state index contributed by atoms with van der Waals surface area (Å²) in [5.41, 5.74) is 0.517. The SMILES string of the molecule is C[C@H]1CC(C)(C)C[C@H]1NCCCn1ccnn1. The fourth-order valence-corrected chi connectivity index (χ4v) is 3.05. The van der Waals surface area contributed by atoms with Crippen LogP contribution in [0.4, 0.5) is 0 Å². The number of aromatic nitrogens is 3. The molecule has 0 aromatic carbocycles. The lowest BCUT2D eigenvalue weighted by atomic mass is 9.91. The fourth-order valence-electron chi connectivity index (χ4n) is 3.05. The van der Waals surface area contributed by atoms with Crippen molar-refractivity contribution >= 4 is 0 Å². The lowest BCUT2D eigenvalue weighted by Gasteiger charge is -2.18. The highest BCUT2D eigenvalue weighted by atomic mass is 15.4. The average molecular weight is 236 g/mol. The molecule has 0 spiro atoms. The summed E-state index contributed by atoms with van der Waals surface area (Å²) >= 11 is 0. The number of nitrogens with zero attached hydrogens (tertiary/aromatic N) is 3. The lowest BCUT2D eigenvalue weighted by Crippen LogP contribution is -2.32. The molecule has 0 saturated heterocycles. The first-order chi connectivity index (χ1) is 8.07. The number of aryl methyl sites for hydroxylation is 1. The molecule has 0 radical (unpaired) electrons. The van der Waals surface area contributed by atoms with Gasteiger partial charge in [0.15, 0.2) is 0 Å². The van der Waals surface area contributed by atoms with E-state index in [1.807, 2.05) is 10.9 Å². The molecule has 1 aliphatic rings. The second-order valence-electron chi connectivity index (χ2n) is 6.13. The fraction of sp³-hybridized carbons (Fsp3) is 0.846. The van der Waals surface area contributed by atoms with Gasteiger partial charge >= 0.3 is 0 Å². The van der Waals surface area contributed by atoms with E-state index in [0.29, 0.717) is 11.5 Å². The third kappa shape index (κ3) is 3.53. The van der Waals surface area contributed by atoms with E-state index in [9.17, 15) is 0 Å². The molecule has 0 aliphatic heterocycles. The monoisotopic (exact) mass is 236 g/mol. The second kappa shape index (κ2) is 5.17. The summed E-state index contributed by atoms with van der Waals surface area (Å²) in [5.74, 6) is 0.802. The molecule has 1 saturated carbocycles. The summed E-state index contributed by atoms with van der Waals surface area (Å²) in [6, 6.07) is 0.695. The minimum Gasteiger partial charge on any atom is -0.314 e. The molecule has 2 rings (SSSR count). The third-order valence-electron chi connectivity index (χ3n) is 3.78. The van der Waals surface area contributed by atoms with E-state index in [4.69, 9.17) is 0 Å². The standard InChI is InChI=1S/C13H24N4/c1-11-9-13(2,3)10-12(11)14-5-4-7-17-8-6-15-16-17/h6,8,11-12,14H,4-5,7,9-10H2,1-3H3/t11-,12+/m0/s1. The van der Waals surface area contributed by atoms with Crippen molar-refractivity contribution in [1.29, 1.82) is 0 Å². The summed E-state index contributed by atoms with van der Waals surface area (Å²) in [6.45, 7) is 9.15. The van der Waals surface area contributed by atoms with Crippen molar-refractivity contribution < 1.29 is 0 Å². The maximum Gasteiger partial charge on any atom is 0.0692 e. The number of nitrogens with one attached hydrogen (secondary N) is 1. The summed E-state index contributed by atoms with van der Waals surface area (Å²) < 4.78 is 1.89. The third-order valence-corrected chi connectivity index (χ3v) is 3.78. The van der Waals surface area contributed by atoms with Crippen molar-refractivity contribution in [3.8, 4) is 0 Å². The zero-order valence-corrected chi connectivity index (χ0v) is 11.2. The average Bonchev–Trinajstić information content (AvgIpc) is 2.81. The van der Waals surface area contributed by atoms with Crippen LogP contribution in [0.25, 0.3) is 0 Å². The van der Waals surface area contributed by atoms with Crippen LogP contribution < -0.4 is 5.32 Å². The Kier molecular flexibility index (Phi) is 3.82. The molecule has 1 fully saturated rings. The predicted molar refractivity (Wildman–Crippen MR) is 68.6 cm³/mol. The highest BCUT2D eigenvalue weighted by Crippen LogP contribution is 2.40. The van der Waals surface area contributed by atoms with Gasteiger partial charge in [0.25, 0.3) is 0 Å². The molecule has 1 aliphatic carbocycles. The normalized spacial score (nSPS) is 27.5. The van der Waals surface area contributed by atoms with Crippen molar-refractivity contribution in [2.24, 2.45) is 11.3 Å². The van der Waals surface area contributed by atoms with Crippen LogP contribution in [0.3, 0.4) is 0 Å². The Morgan fingerprint density at radius 1 is 1.41 bits per heavy atom. The molecule has 1 aromatic heterocycles. The smallest absolute Gasteiger partial charge is 0.0692 e. The Labute approximate surface area is 104 Å². The van der Waals surface area contributed by atoms with Gasteiger partial charge in [0.2, 0.25) is 0 Å². The first-order valence-corrected chi connectivity index (χ1v) is 6.64. The largest absolute Gasteiger partial charge is 0.314 e. The van der Waals surface area contributed by atoms with Crippen LogP contribution in [0.2, 0.25) is 0 Å². The molecule has 0 bridgehead atoms. The Balaban J connectivity index is 1.66. The van der Waals surface area contributed by atoms with Crippen molar-refractivity contribution in [1.82, 2.24) is 20.3 Å². The van der Waals surface area contributed by atoms with Crippen LogP contribution in [-0.4, -0.2) is 27.6 Å². The molecule has 0 unspecified atom stereocenters. The molecule has 1 heterocycles. The van der Waals surface area contributed by atoms with Crippen LogP contribution in [0.15, 0.2) is 12.4 Å². The first-order valence-electron chi connectivity index (χ1n) is 6.64. The molecule has 2 atom stereocenters. The molecule has 1 N–H and O–H groups in total. The van der Waals surface area contributed by atoms with Crippen LogP contribution in [0.1, 0.15) is 40.0 Å². The molecule has 0 amide bonds. The summed E-state index contributed by atoms with van der Waals surface area (Å²) in [6.07, 6.45) is 7.41. The lowest BCUT2D eigenvalue weighted by molar-refractivity contribution is 0.361. The minimum absolute atomic E-state index is 0.517. The van der Waals surface area contributed by atoms with Gasteiger partial charge in [0, 0.05) is 18.8 Å². The highest BCUT2D eigenvalue weighted by molar-refractivity contribution is 4.90. The van der Waals surface area contributed by atoms with Gasteiger partial charge in [0.1, 0.15) is 0 Å². The Bertz CT molecular complexity index is 331. The molecule has 4 heteroatoms. The van der Waals surface area contributed by atoms with Crippen LogP contribution in [-0.2, 0) is 6.54 Å². The van der Waals surface area contributed by atoms with Gasteiger partial charge in [-0.2, -0.15) is 0 Å². The van der Waals surface area contributed by atoms with Crippen LogP contribution in [0.5, 0.6) is 0 Å². The van der Waals surface area contributed by atoms with Gasteiger partial charge in [0.05, 0.1) is 6.20 Å². The van der Waals surface area contributed by atoms with E-state index in [1.165, 1.54) is 12.8 Å². The van der Waals surface area contributed by atoms with Crippen LogP contribution in [0, 0.1) is 11.3 Å². The van der Waals surface area contributed by atoms with Crippen molar-refractivity contribution in [2.45, 2.75) is 52.6 Å². The Morgan fingerprint density at radius 2 is 2.24 bits per heavy atom. The van der Waals surface area contributed by atoms with Crippen molar-refractivity contribution in [3.63, 3.8) is 0 Å². The van der Waals surface area contributed by atoms with E-state index in [0.717, 1.165) is 25.4 Å². The quantitative estimate of drug-likeness (QED) is 0.796. The number of rotatable bonds is 5. The maximum absolute atomic E-state index is 3.96. The van der Waals surface area contributed by atoms with Crippen molar-refractivity contribution in [2.75, 3.05) is 6.54 Å². The molecule has 17 heavy (non-hydrogen) atoms. The first kappa shape index (κ1) is 12.6. The number of hydrogen-bond donors (Lipinski definition) is 1. The zero-order valence-electron chi connectivity index (χ0n) is 11.2. The van der Waals surface area contributed by atoms with Gasteiger partial charge in [-0.1, -0.05) is 26.0 Å². The predicted octanol–water partition coefficient (Wildman–Crippen LogP) is 2.08. The van der Waals surface area contributed by atoms with E-state index in [1.54, 1.807) is 6.20 Å². The van der Waals surface area contributed by atoms with Crippen LogP contribution >= 0.6 is 0 Å². The summed E-state index contributed by atoms with van der Waals surface area (Å²) in [7, 11) is 0. The molecule has 1 aromatic rings. The molecule has 96 valence electrons. The Morgan fingerprint density at radius 3 is 2.82 bits per heavy atom. The van der Waals surface area contributed by atoms with E-state index in [2.05, 4.69) is 36.4 Å². The van der Waals surface area contributed by atoms with E-state index in [-0.39, 0.29) is 0 Å². The van der Waals surface area contributed by atoms with Gasteiger partial charge in [-0.15, -0.1) is 5.10 Å². The van der Waals surface area contributed by atoms with Gasteiger partial charge in [-0.25, -0.2) is 0 Å². The second-order valence-corrected chi connectivity index (χ2v) is 6.13. The maximum atomic E-state index is 3.96. The van der Waals surface area contributed by atoms with E-state index >= 15 is 0 Å². The number of hydrogen-bond acceptors (Lipinski definition) is 3. The molecular formula is C13H24N4. The van der Waals surface area contributed by atoms with Gasteiger partial charge < -0.3 is 5.32 Å². The van der Waals surface area contributed by atoms with E-state index < -0.39 is 0 Å². The highest BCUT2D eigenvalue weighted by Gasteiger charge is 2.35. The molecular weight excluding hydrogens is 212 g/mol. The topological polar surface area (TPSA) is 42.7 Å². The Hall–Kier alpha value is -0.900.